The van der Waals surface area contributed by atoms with Crippen molar-refractivity contribution in [1.82, 2.24) is 4.90 Å². The number of aliphatic carboxylic acids is 1. The Labute approximate surface area is 112 Å². The van der Waals surface area contributed by atoms with Gasteiger partial charge in [-0.3, -0.25) is 4.79 Å². The summed E-state index contributed by atoms with van der Waals surface area (Å²) in [6.07, 6.45) is 0.727. The fourth-order valence-electron chi connectivity index (χ4n) is 1.47. The fraction of sp³-hybridized carbons (Fsp3) is 0.333. The summed E-state index contributed by atoms with van der Waals surface area (Å²) in [6.45, 7) is 1.28. The molecule has 0 heterocycles. The molecule has 0 bridgehead atoms. The van der Waals surface area contributed by atoms with Gasteiger partial charge >= 0.3 is 5.97 Å². The summed E-state index contributed by atoms with van der Waals surface area (Å²) in [5.41, 5.74) is 1.14. The highest BCUT2D eigenvalue weighted by Crippen LogP contribution is 2.08. The smallest absolute Gasteiger partial charge is 0.303 e. The molecule has 1 N–H and O–H groups in total. The van der Waals surface area contributed by atoms with E-state index in [1.165, 1.54) is 0 Å². The van der Waals surface area contributed by atoms with Gasteiger partial charge in [0.15, 0.2) is 0 Å². The van der Waals surface area contributed by atoms with Crippen LogP contribution in [0.15, 0.2) is 30.3 Å². The highest BCUT2D eigenvalue weighted by molar-refractivity contribution is 8.10. The lowest BCUT2D eigenvalue weighted by Crippen LogP contribution is -2.27. The molecular weight excluding hydrogens is 254 g/mol. The zero-order valence-corrected chi connectivity index (χ0v) is 11.1. The Bertz CT molecular complexity index is 381. The van der Waals surface area contributed by atoms with E-state index in [-0.39, 0.29) is 6.42 Å². The van der Waals surface area contributed by atoms with Crippen molar-refractivity contribution >= 4 is 35.1 Å². The molecule has 0 atom stereocenters. The summed E-state index contributed by atoms with van der Waals surface area (Å²) >= 11 is 9.20. The van der Waals surface area contributed by atoms with Crippen LogP contribution in [0, 0.1) is 0 Å². The monoisotopic (exact) mass is 269 g/mol. The minimum atomic E-state index is -0.783. The largest absolute Gasteiger partial charge is 0.481 e. The molecule has 92 valence electrons. The molecule has 1 aromatic carbocycles. The highest BCUT2D eigenvalue weighted by Gasteiger charge is 2.08. The molecule has 3 nitrogen and oxygen atoms in total. The van der Waals surface area contributed by atoms with Crippen molar-refractivity contribution in [1.29, 1.82) is 0 Å². The molecule has 0 saturated heterocycles. The Kier molecular flexibility index (Phi) is 6.00. The van der Waals surface area contributed by atoms with Crippen molar-refractivity contribution in [3.05, 3.63) is 35.9 Å². The molecule has 0 spiro atoms. The molecule has 0 aliphatic carbocycles. The average Bonchev–Trinajstić information content (AvgIpc) is 2.28. The number of benzene rings is 1. The SMILES string of the molecule is O=C(O)CCCN(Cc1ccccc1)C(=S)S. The quantitative estimate of drug-likeness (QED) is 0.615. The van der Waals surface area contributed by atoms with Gasteiger partial charge in [0.05, 0.1) is 0 Å². The lowest BCUT2D eigenvalue weighted by molar-refractivity contribution is -0.137. The molecule has 0 aliphatic heterocycles. The van der Waals surface area contributed by atoms with Crippen LogP contribution in [0.25, 0.3) is 0 Å². The van der Waals surface area contributed by atoms with Crippen molar-refractivity contribution < 1.29 is 9.90 Å². The predicted molar refractivity (Wildman–Crippen MR) is 75.3 cm³/mol. The fourth-order valence-corrected chi connectivity index (χ4v) is 1.79. The molecule has 5 heteroatoms. The molecule has 0 radical (unpaired) electrons. The van der Waals surface area contributed by atoms with E-state index in [4.69, 9.17) is 17.3 Å². The Morgan fingerprint density at radius 3 is 2.53 bits per heavy atom. The van der Waals surface area contributed by atoms with Crippen molar-refractivity contribution in [3.8, 4) is 0 Å². The topological polar surface area (TPSA) is 40.5 Å². The Balaban J connectivity index is 2.49. The molecule has 0 unspecified atom stereocenters. The summed E-state index contributed by atoms with van der Waals surface area (Å²) < 4.78 is 0.499. The van der Waals surface area contributed by atoms with E-state index in [1.54, 1.807) is 0 Å². The predicted octanol–water partition coefficient (Wildman–Crippen LogP) is 2.57. The number of thiol groups is 1. The maximum absolute atomic E-state index is 10.4. The van der Waals surface area contributed by atoms with Crippen LogP contribution < -0.4 is 0 Å². The van der Waals surface area contributed by atoms with Crippen LogP contribution >= 0.6 is 24.8 Å². The maximum Gasteiger partial charge on any atom is 0.303 e. The first-order chi connectivity index (χ1) is 8.09. The number of rotatable bonds is 6. The number of carboxylic acid groups (broad SMARTS) is 1. The van der Waals surface area contributed by atoms with Crippen LogP contribution in [0.1, 0.15) is 18.4 Å². The summed E-state index contributed by atoms with van der Waals surface area (Å²) in [7, 11) is 0. The number of carboxylic acids is 1. The third-order valence-corrected chi connectivity index (χ3v) is 2.85. The van der Waals surface area contributed by atoms with Crippen molar-refractivity contribution in [2.75, 3.05) is 6.54 Å². The second kappa shape index (κ2) is 7.29. The van der Waals surface area contributed by atoms with Gasteiger partial charge in [-0.2, -0.15) is 0 Å². The van der Waals surface area contributed by atoms with Crippen molar-refractivity contribution in [2.45, 2.75) is 19.4 Å². The summed E-state index contributed by atoms with van der Waals surface area (Å²) in [6, 6.07) is 9.91. The average molecular weight is 269 g/mol. The molecule has 17 heavy (non-hydrogen) atoms. The van der Waals surface area contributed by atoms with Crippen LogP contribution in [0.4, 0.5) is 0 Å². The van der Waals surface area contributed by atoms with E-state index in [0.29, 0.717) is 23.8 Å². The third kappa shape index (κ3) is 5.70. The zero-order chi connectivity index (χ0) is 12.7. The maximum atomic E-state index is 10.4. The number of hydrogen-bond acceptors (Lipinski definition) is 2. The van der Waals surface area contributed by atoms with Crippen LogP contribution in [0.3, 0.4) is 0 Å². The number of nitrogens with zero attached hydrogens (tertiary/aromatic N) is 1. The van der Waals surface area contributed by atoms with Gasteiger partial charge in [-0.25, -0.2) is 0 Å². The molecule has 1 aromatic rings. The molecule has 0 amide bonds. The second-order valence-electron chi connectivity index (χ2n) is 3.69. The van der Waals surface area contributed by atoms with Crippen molar-refractivity contribution in [2.24, 2.45) is 0 Å². The van der Waals surface area contributed by atoms with Crippen LogP contribution in [-0.4, -0.2) is 26.8 Å². The van der Waals surface area contributed by atoms with Crippen LogP contribution in [0.5, 0.6) is 0 Å². The standard InChI is InChI=1S/C12H15NO2S2/c14-11(15)7-4-8-13(12(16)17)9-10-5-2-1-3-6-10/h1-3,5-6H,4,7-9H2,(H,14,15)(H,16,17). The minimum absolute atomic E-state index is 0.154. The Morgan fingerprint density at radius 2 is 2.00 bits per heavy atom. The molecule has 0 aromatic heterocycles. The van der Waals surface area contributed by atoms with Gasteiger partial charge in [-0.05, 0) is 12.0 Å². The lowest BCUT2D eigenvalue weighted by atomic mass is 10.2. The molecule has 0 saturated carbocycles. The van der Waals surface area contributed by atoms with E-state index in [9.17, 15) is 4.79 Å². The van der Waals surface area contributed by atoms with Gasteiger partial charge in [-0.1, -0.05) is 42.5 Å². The van der Waals surface area contributed by atoms with Gasteiger partial charge < -0.3 is 10.0 Å². The zero-order valence-electron chi connectivity index (χ0n) is 9.37. The lowest BCUT2D eigenvalue weighted by Gasteiger charge is -2.22. The van der Waals surface area contributed by atoms with E-state index in [0.717, 1.165) is 5.56 Å². The van der Waals surface area contributed by atoms with Crippen molar-refractivity contribution in [3.63, 3.8) is 0 Å². The number of hydrogen-bond donors (Lipinski definition) is 2. The van der Waals surface area contributed by atoms with Gasteiger partial charge in [0.25, 0.3) is 0 Å². The first-order valence-electron chi connectivity index (χ1n) is 5.33. The highest BCUT2D eigenvalue weighted by atomic mass is 32.1. The second-order valence-corrected chi connectivity index (χ2v) is 4.80. The first kappa shape index (κ1) is 14.0. The third-order valence-electron chi connectivity index (χ3n) is 2.31. The van der Waals surface area contributed by atoms with E-state index in [2.05, 4.69) is 12.6 Å². The first-order valence-corrected chi connectivity index (χ1v) is 6.18. The number of carbonyl (C=O) groups is 1. The molecule has 1 rings (SSSR count). The normalized spacial score (nSPS) is 9.94. The number of thiocarbonyl (C=S) groups is 1. The Hall–Kier alpha value is -1.07. The van der Waals surface area contributed by atoms with Gasteiger partial charge in [-0.15, -0.1) is 12.6 Å². The van der Waals surface area contributed by atoms with Gasteiger partial charge in [0, 0.05) is 19.5 Å². The molecule has 0 fully saturated rings. The summed E-state index contributed by atoms with van der Waals surface area (Å²) in [5.74, 6) is -0.783. The Morgan fingerprint density at radius 1 is 1.35 bits per heavy atom. The van der Waals surface area contributed by atoms with Crippen LogP contribution in [0.2, 0.25) is 0 Å². The molecular formula is C12H15NO2S2. The van der Waals surface area contributed by atoms with Crippen LogP contribution in [-0.2, 0) is 11.3 Å². The molecule has 0 aliphatic rings. The van der Waals surface area contributed by atoms with Gasteiger partial charge in [0.2, 0.25) is 0 Å². The van der Waals surface area contributed by atoms with E-state index in [1.807, 2.05) is 35.2 Å². The van der Waals surface area contributed by atoms with E-state index >= 15 is 0 Å². The summed E-state index contributed by atoms with van der Waals surface area (Å²) in [4.78, 5) is 12.3. The van der Waals surface area contributed by atoms with E-state index < -0.39 is 5.97 Å². The minimum Gasteiger partial charge on any atom is -0.481 e. The van der Waals surface area contributed by atoms with Gasteiger partial charge in [0.1, 0.15) is 4.32 Å². The summed E-state index contributed by atoms with van der Waals surface area (Å²) in [5, 5.41) is 8.58.